The van der Waals surface area contributed by atoms with E-state index in [1.54, 1.807) is 6.07 Å². The second kappa shape index (κ2) is 5.33. The Morgan fingerprint density at radius 2 is 1.62 bits per heavy atom. The fraction of sp³-hybridized carbons (Fsp3) is 0.167. The highest BCUT2D eigenvalue weighted by Crippen LogP contribution is 2.71. The van der Waals surface area contributed by atoms with Crippen molar-refractivity contribution in [2.24, 2.45) is 0 Å². The zero-order chi connectivity index (χ0) is 19.8. The van der Waals surface area contributed by atoms with E-state index in [1.165, 1.54) is 11.8 Å². The van der Waals surface area contributed by atoms with Crippen LogP contribution in [0.5, 0.6) is 5.75 Å². The summed E-state index contributed by atoms with van der Waals surface area (Å²) < 4.78 is 12.9. The van der Waals surface area contributed by atoms with Crippen molar-refractivity contribution in [1.29, 1.82) is 0 Å². The molecule has 6 rings (SSSR count). The molecular formula is C24H17NO4. The van der Waals surface area contributed by atoms with Gasteiger partial charge in [-0.2, -0.15) is 0 Å². The van der Waals surface area contributed by atoms with E-state index >= 15 is 0 Å². The molecule has 3 aliphatic heterocycles. The minimum Gasteiger partial charge on any atom is -0.457 e. The van der Waals surface area contributed by atoms with Gasteiger partial charge in [-0.15, -0.1) is 0 Å². The summed E-state index contributed by atoms with van der Waals surface area (Å²) in [7, 11) is 0. The number of fused-ring (bicyclic) bond motifs is 6. The van der Waals surface area contributed by atoms with Crippen LogP contribution in [-0.2, 0) is 25.7 Å². The van der Waals surface area contributed by atoms with Crippen LogP contribution in [0.15, 0.2) is 78.9 Å². The molecule has 0 aromatic heterocycles. The Bertz CT molecular complexity index is 1190. The van der Waals surface area contributed by atoms with E-state index in [1.807, 2.05) is 72.8 Å². The lowest BCUT2D eigenvalue weighted by Crippen LogP contribution is -2.66. The van der Waals surface area contributed by atoms with Crippen molar-refractivity contribution in [3.63, 3.8) is 0 Å². The number of ether oxygens (including phenoxy) is 2. The Kier molecular flexibility index (Phi) is 3.04. The van der Waals surface area contributed by atoms with Crippen LogP contribution < -0.4 is 9.64 Å². The third-order valence-electron chi connectivity index (χ3n) is 6.15. The first kappa shape index (κ1) is 16.5. The normalized spacial score (nSPS) is 28.4. The lowest BCUT2D eigenvalue weighted by Gasteiger charge is -2.55. The number of carbonyl (C=O) groups is 2. The lowest BCUT2D eigenvalue weighted by atomic mass is 9.66. The average Bonchev–Trinajstić information content (AvgIpc) is 3.14. The molecule has 1 spiro atoms. The zero-order valence-electron chi connectivity index (χ0n) is 15.7. The van der Waals surface area contributed by atoms with Crippen molar-refractivity contribution in [3.05, 3.63) is 95.6 Å². The third kappa shape index (κ3) is 1.79. The van der Waals surface area contributed by atoms with Crippen molar-refractivity contribution in [2.45, 2.75) is 24.2 Å². The highest BCUT2D eigenvalue weighted by atomic mass is 16.7. The number of imide groups is 1. The molecule has 5 nitrogen and oxygen atoms in total. The molecular weight excluding hydrogens is 366 g/mol. The summed E-state index contributed by atoms with van der Waals surface area (Å²) in [6, 6.07) is 24.7. The Morgan fingerprint density at radius 1 is 0.931 bits per heavy atom. The van der Waals surface area contributed by atoms with E-state index in [9.17, 15) is 9.59 Å². The monoisotopic (exact) mass is 383 g/mol. The van der Waals surface area contributed by atoms with Gasteiger partial charge in [-0.3, -0.25) is 9.59 Å². The van der Waals surface area contributed by atoms with Gasteiger partial charge in [-0.05, 0) is 12.1 Å². The fourth-order valence-electron chi connectivity index (χ4n) is 5.06. The largest absolute Gasteiger partial charge is 0.457 e. The van der Waals surface area contributed by atoms with E-state index < -0.39 is 17.3 Å². The first-order valence-electron chi connectivity index (χ1n) is 9.58. The van der Waals surface area contributed by atoms with Crippen LogP contribution >= 0.6 is 0 Å². The molecule has 1 saturated heterocycles. The Balaban J connectivity index is 1.62. The molecule has 3 heterocycles. The number of hydrogen-bond acceptors (Lipinski definition) is 4. The molecule has 0 bridgehead atoms. The van der Waals surface area contributed by atoms with Gasteiger partial charge in [0.25, 0.3) is 5.91 Å². The van der Waals surface area contributed by atoms with Gasteiger partial charge in [0.05, 0.1) is 5.69 Å². The van der Waals surface area contributed by atoms with Gasteiger partial charge in [0.2, 0.25) is 11.7 Å². The first-order chi connectivity index (χ1) is 14.1. The van der Waals surface area contributed by atoms with Crippen LogP contribution in [0.3, 0.4) is 0 Å². The summed E-state index contributed by atoms with van der Waals surface area (Å²) in [6.07, 6.45) is 0. The number of anilines is 1. The summed E-state index contributed by atoms with van der Waals surface area (Å²) >= 11 is 0. The minimum absolute atomic E-state index is 0.327. The molecule has 1 fully saturated rings. The summed E-state index contributed by atoms with van der Waals surface area (Å²) in [5.41, 5.74) is 1.76. The Labute approximate surface area is 167 Å². The topological polar surface area (TPSA) is 55.8 Å². The van der Waals surface area contributed by atoms with Gasteiger partial charge in [0.15, 0.2) is 5.60 Å². The zero-order valence-corrected chi connectivity index (χ0v) is 15.7. The molecule has 0 saturated carbocycles. The van der Waals surface area contributed by atoms with Crippen molar-refractivity contribution >= 4 is 17.5 Å². The summed E-state index contributed by atoms with van der Waals surface area (Å²) in [5, 5.41) is 0. The van der Waals surface area contributed by atoms with Crippen LogP contribution in [-0.4, -0.2) is 11.8 Å². The predicted molar refractivity (Wildman–Crippen MR) is 105 cm³/mol. The van der Waals surface area contributed by atoms with Crippen molar-refractivity contribution in [1.82, 2.24) is 0 Å². The predicted octanol–water partition coefficient (Wildman–Crippen LogP) is 3.83. The number of para-hydroxylation sites is 2. The van der Waals surface area contributed by atoms with Crippen LogP contribution in [0.4, 0.5) is 5.69 Å². The van der Waals surface area contributed by atoms with Crippen LogP contribution in [0.2, 0.25) is 0 Å². The fourth-order valence-corrected chi connectivity index (χ4v) is 5.06. The highest BCUT2D eigenvalue weighted by Gasteiger charge is 2.79. The molecule has 2 amide bonds. The SMILES string of the molecule is CC(=O)N1C(=O)[C@]2(O[C@]3(c4ccccc4)Oc4ccccc4[C@@H]32)c2ccccc21. The van der Waals surface area contributed by atoms with E-state index in [2.05, 4.69) is 0 Å². The van der Waals surface area contributed by atoms with E-state index in [0.29, 0.717) is 17.0 Å². The van der Waals surface area contributed by atoms with Gasteiger partial charge < -0.3 is 9.47 Å². The van der Waals surface area contributed by atoms with Gasteiger partial charge in [0, 0.05) is 23.6 Å². The molecule has 0 N–H and O–H groups in total. The second-order valence-corrected chi connectivity index (χ2v) is 7.62. The number of rotatable bonds is 1. The molecule has 0 radical (unpaired) electrons. The molecule has 3 aromatic carbocycles. The van der Waals surface area contributed by atoms with Gasteiger partial charge in [-0.25, -0.2) is 4.90 Å². The van der Waals surface area contributed by atoms with Crippen LogP contribution in [0, 0.1) is 0 Å². The molecule has 3 aromatic rings. The smallest absolute Gasteiger partial charge is 0.271 e. The van der Waals surface area contributed by atoms with E-state index in [0.717, 1.165) is 11.1 Å². The van der Waals surface area contributed by atoms with Gasteiger partial charge >= 0.3 is 0 Å². The standard InChI is InChI=1S/C24H17NO4/c1-15(26)25-19-13-7-6-12-18(19)23(22(25)27)21-17-11-5-8-14-20(17)28-24(21,29-23)16-9-3-2-4-10-16/h2-14,21H,1H3/t21-,23+,24+/m1/s1. The Hall–Kier alpha value is -3.44. The van der Waals surface area contributed by atoms with E-state index in [-0.39, 0.29) is 11.8 Å². The van der Waals surface area contributed by atoms with E-state index in [4.69, 9.17) is 9.47 Å². The summed E-state index contributed by atoms with van der Waals surface area (Å²) in [5.74, 6) is -1.48. The minimum atomic E-state index is -1.29. The van der Waals surface area contributed by atoms with Crippen molar-refractivity contribution < 1.29 is 19.1 Å². The first-order valence-corrected chi connectivity index (χ1v) is 9.58. The number of hydrogen-bond donors (Lipinski definition) is 0. The lowest BCUT2D eigenvalue weighted by molar-refractivity contribution is -0.360. The number of nitrogens with zero attached hydrogens (tertiary/aromatic N) is 1. The van der Waals surface area contributed by atoms with Gasteiger partial charge in [0.1, 0.15) is 11.7 Å². The molecule has 3 aliphatic rings. The van der Waals surface area contributed by atoms with Crippen LogP contribution in [0.1, 0.15) is 29.5 Å². The molecule has 142 valence electrons. The summed E-state index contributed by atoms with van der Waals surface area (Å²) in [6.45, 7) is 1.40. The van der Waals surface area contributed by atoms with Crippen LogP contribution in [0.25, 0.3) is 0 Å². The maximum Gasteiger partial charge on any atom is 0.271 e. The maximum absolute atomic E-state index is 13.7. The maximum atomic E-state index is 13.7. The Morgan fingerprint density at radius 3 is 2.41 bits per heavy atom. The third-order valence-corrected chi connectivity index (χ3v) is 6.15. The number of amides is 2. The van der Waals surface area contributed by atoms with Crippen molar-refractivity contribution in [3.8, 4) is 5.75 Å². The van der Waals surface area contributed by atoms with Crippen molar-refractivity contribution in [2.75, 3.05) is 4.90 Å². The second-order valence-electron chi connectivity index (χ2n) is 7.62. The average molecular weight is 383 g/mol. The molecule has 5 heteroatoms. The molecule has 0 aliphatic carbocycles. The number of benzene rings is 3. The molecule has 0 unspecified atom stereocenters. The number of carbonyl (C=O) groups excluding carboxylic acids is 2. The molecule has 29 heavy (non-hydrogen) atoms. The quantitative estimate of drug-likeness (QED) is 0.641. The molecule has 3 atom stereocenters. The van der Waals surface area contributed by atoms with Gasteiger partial charge in [-0.1, -0.05) is 66.7 Å². The summed E-state index contributed by atoms with van der Waals surface area (Å²) in [4.78, 5) is 27.2. The highest BCUT2D eigenvalue weighted by molar-refractivity contribution is 6.22.